The molecule has 1 aromatic carbocycles. The van der Waals surface area contributed by atoms with E-state index in [-0.39, 0.29) is 23.7 Å². The summed E-state index contributed by atoms with van der Waals surface area (Å²) in [7, 11) is 0. The molecule has 1 saturated heterocycles. The zero-order chi connectivity index (χ0) is 18.9. The van der Waals surface area contributed by atoms with E-state index in [1.54, 1.807) is 4.90 Å². The molecule has 1 amide bonds. The summed E-state index contributed by atoms with van der Waals surface area (Å²) in [5, 5.41) is -0.359. The van der Waals surface area contributed by atoms with Crippen LogP contribution in [0.3, 0.4) is 0 Å². The number of carbonyl (C=O) groups is 1. The molecular formula is C17H14ClF4N3O. The summed E-state index contributed by atoms with van der Waals surface area (Å²) in [5.74, 6) is -1.32. The van der Waals surface area contributed by atoms with E-state index < -0.39 is 23.6 Å². The molecule has 0 radical (unpaired) electrons. The number of aromatic nitrogens is 1. The molecule has 1 fully saturated rings. The molecule has 2 heterocycles. The third kappa shape index (κ3) is 3.75. The monoisotopic (exact) mass is 387 g/mol. The molecule has 26 heavy (non-hydrogen) atoms. The number of pyridine rings is 1. The highest BCUT2D eigenvalue weighted by molar-refractivity contribution is 6.31. The standard InChI is InChI=1S/C17H14ClF4N3O/c18-14-4-3-11(10-13(14)17(20,21)22)24-6-8-25(9-7-24)16(26)12-2-1-5-23-15(12)19/h1-5,10H,6-9H2. The van der Waals surface area contributed by atoms with Crippen LogP contribution >= 0.6 is 11.6 Å². The van der Waals surface area contributed by atoms with Crippen LogP contribution in [-0.4, -0.2) is 42.0 Å². The van der Waals surface area contributed by atoms with Crippen molar-refractivity contribution >= 4 is 23.2 Å². The summed E-state index contributed by atoms with van der Waals surface area (Å²) in [6.45, 7) is 1.17. The van der Waals surface area contributed by atoms with Crippen LogP contribution in [0.4, 0.5) is 23.2 Å². The van der Waals surface area contributed by atoms with Crippen molar-refractivity contribution in [3.05, 3.63) is 58.6 Å². The Bertz CT molecular complexity index is 820. The third-order valence-corrected chi connectivity index (χ3v) is 4.51. The van der Waals surface area contributed by atoms with Crippen LogP contribution in [0.2, 0.25) is 5.02 Å². The number of piperazine rings is 1. The molecule has 1 aromatic heterocycles. The molecule has 0 aliphatic carbocycles. The lowest BCUT2D eigenvalue weighted by Crippen LogP contribution is -2.49. The van der Waals surface area contributed by atoms with Gasteiger partial charge in [-0.15, -0.1) is 0 Å². The second-order valence-electron chi connectivity index (χ2n) is 5.78. The summed E-state index contributed by atoms with van der Waals surface area (Å²) in [6.07, 6.45) is -3.29. The fourth-order valence-corrected chi connectivity index (χ4v) is 3.04. The summed E-state index contributed by atoms with van der Waals surface area (Å²) in [5.41, 5.74) is -0.638. The minimum Gasteiger partial charge on any atom is -0.368 e. The van der Waals surface area contributed by atoms with Crippen molar-refractivity contribution in [1.29, 1.82) is 0 Å². The molecule has 0 saturated carbocycles. The van der Waals surface area contributed by atoms with Crippen molar-refractivity contribution in [3.8, 4) is 0 Å². The zero-order valence-corrected chi connectivity index (χ0v) is 14.2. The van der Waals surface area contributed by atoms with Gasteiger partial charge >= 0.3 is 6.18 Å². The summed E-state index contributed by atoms with van der Waals surface area (Å²) in [6, 6.07) is 6.55. The Labute approximate surface area is 152 Å². The molecule has 2 aromatic rings. The van der Waals surface area contributed by atoms with Crippen molar-refractivity contribution in [1.82, 2.24) is 9.88 Å². The van der Waals surface area contributed by atoms with Gasteiger partial charge < -0.3 is 9.80 Å². The lowest BCUT2D eigenvalue weighted by molar-refractivity contribution is -0.137. The van der Waals surface area contributed by atoms with Crippen LogP contribution in [0.25, 0.3) is 0 Å². The van der Waals surface area contributed by atoms with Gasteiger partial charge in [0, 0.05) is 38.1 Å². The minimum absolute atomic E-state index is 0.119. The highest BCUT2D eigenvalue weighted by atomic mass is 35.5. The van der Waals surface area contributed by atoms with Crippen LogP contribution in [0, 0.1) is 5.95 Å². The van der Waals surface area contributed by atoms with Gasteiger partial charge in [-0.2, -0.15) is 17.6 Å². The molecule has 0 bridgehead atoms. The fourth-order valence-electron chi connectivity index (χ4n) is 2.81. The number of hydrogen-bond donors (Lipinski definition) is 0. The molecule has 0 N–H and O–H groups in total. The van der Waals surface area contributed by atoms with Crippen LogP contribution in [0.1, 0.15) is 15.9 Å². The number of benzene rings is 1. The average Bonchev–Trinajstić information content (AvgIpc) is 2.61. The Morgan fingerprint density at radius 2 is 1.81 bits per heavy atom. The van der Waals surface area contributed by atoms with Gasteiger partial charge in [0.1, 0.15) is 0 Å². The van der Waals surface area contributed by atoms with Crippen molar-refractivity contribution in [2.75, 3.05) is 31.1 Å². The number of halogens is 5. The van der Waals surface area contributed by atoms with E-state index in [1.807, 2.05) is 0 Å². The average molecular weight is 388 g/mol. The van der Waals surface area contributed by atoms with Gasteiger partial charge in [-0.3, -0.25) is 4.79 Å². The Hall–Kier alpha value is -2.35. The Morgan fingerprint density at radius 3 is 2.42 bits per heavy atom. The lowest BCUT2D eigenvalue weighted by Gasteiger charge is -2.36. The van der Waals surface area contributed by atoms with Gasteiger partial charge in [0.2, 0.25) is 5.95 Å². The van der Waals surface area contributed by atoms with Gasteiger partial charge in [0.05, 0.1) is 16.1 Å². The molecule has 0 atom stereocenters. The maximum absolute atomic E-state index is 13.6. The number of anilines is 1. The summed E-state index contributed by atoms with van der Waals surface area (Å²) in [4.78, 5) is 19.0. The Balaban J connectivity index is 1.71. The number of carbonyl (C=O) groups excluding carboxylic acids is 1. The van der Waals surface area contributed by atoms with Crippen molar-refractivity contribution < 1.29 is 22.4 Å². The molecule has 1 aliphatic heterocycles. The first kappa shape index (κ1) is 18.4. The second-order valence-corrected chi connectivity index (χ2v) is 6.19. The maximum atomic E-state index is 13.6. The minimum atomic E-state index is -4.54. The van der Waals surface area contributed by atoms with Crippen LogP contribution in [0.15, 0.2) is 36.5 Å². The number of rotatable bonds is 2. The summed E-state index contributed by atoms with van der Waals surface area (Å²) < 4.78 is 52.6. The van der Waals surface area contributed by atoms with Gasteiger partial charge in [-0.1, -0.05) is 11.6 Å². The smallest absolute Gasteiger partial charge is 0.368 e. The third-order valence-electron chi connectivity index (χ3n) is 4.18. The molecule has 4 nitrogen and oxygen atoms in total. The van der Waals surface area contributed by atoms with Crippen molar-refractivity contribution in [2.45, 2.75) is 6.18 Å². The van der Waals surface area contributed by atoms with E-state index in [0.29, 0.717) is 18.8 Å². The molecular weight excluding hydrogens is 374 g/mol. The normalized spacial score (nSPS) is 15.3. The maximum Gasteiger partial charge on any atom is 0.417 e. The lowest BCUT2D eigenvalue weighted by atomic mass is 10.1. The SMILES string of the molecule is O=C(c1cccnc1F)N1CCN(c2ccc(Cl)c(C(F)(F)F)c2)CC1. The van der Waals surface area contributed by atoms with Gasteiger partial charge in [0.15, 0.2) is 0 Å². The van der Waals surface area contributed by atoms with E-state index in [4.69, 9.17) is 11.6 Å². The second kappa shape index (κ2) is 7.11. The van der Waals surface area contributed by atoms with E-state index in [0.717, 1.165) is 6.07 Å². The van der Waals surface area contributed by atoms with E-state index >= 15 is 0 Å². The predicted octanol–water partition coefficient (Wildman–Crippen LogP) is 3.86. The fraction of sp³-hybridized carbons (Fsp3) is 0.294. The first-order chi connectivity index (χ1) is 12.3. The van der Waals surface area contributed by atoms with E-state index in [9.17, 15) is 22.4 Å². The van der Waals surface area contributed by atoms with Gasteiger partial charge in [0.25, 0.3) is 5.91 Å². The van der Waals surface area contributed by atoms with Crippen molar-refractivity contribution in [3.63, 3.8) is 0 Å². The topological polar surface area (TPSA) is 36.4 Å². The Morgan fingerprint density at radius 1 is 1.12 bits per heavy atom. The number of hydrogen-bond acceptors (Lipinski definition) is 3. The predicted molar refractivity (Wildman–Crippen MR) is 88.8 cm³/mol. The molecule has 3 rings (SSSR count). The quantitative estimate of drug-likeness (QED) is 0.580. The first-order valence-electron chi connectivity index (χ1n) is 7.79. The largest absolute Gasteiger partial charge is 0.417 e. The molecule has 138 valence electrons. The van der Waals surface area contributed by atoms with Gasteiger partial charge in [-0.05, 0) is 30.3 Å². The van der Waals surface area contributed by atoms with Crippen LogP contribution in [-0.2, 0) is 6.18 Å². The van der Waals surface area contributed by atoms with Crippen LogP contribution in [0.5, 0.6) is 0 Å². The zero-order valence-electron chi connectivity index (χ0n) is 13.4. The number of nitrogens with zero attached hydrogens (tertiary/aromatic N) is 3. The van der Waals surface area contributed by atoms with E-state index in [2.05, 4.69) is 4.98 Å². The molecule has 9 heteroatoms. The molecule has 1 aliphatic rings. The summed E-state index contributed by atoms with van der Waals surface area (Å²) >= 11 is 5.63. The highest BCUT2D eigenvalue weighted by Crippen LogP contribution is 2.37. The Kier molecular flexibility index (Phi) is 5.04. The highest BCUT2D eigenvalue weighted by Gasteiger charge is 2.34. The molecule has 0 unspecified atom stereocenters. The number of amides is 1. The molecule has 0 spiro atoms. The first-order valence-corrected chi connectivity index (χ1v) is 8.16. The van der Waals surface area contributed by atoms with Crippen LogP contribution < -0.4 is 4.90 Å². The van der Waals surface area contributed by atoms with Gasteiger partial charge in [-0.25, -0.2) is 4.98 Å². The van der Waals surface area contributed by atoms with E-state index in [1.165, 1.54) is 35.4 Å². The number of alkyl halides is 3. The van der Waals surface area contributed by atoms with Crippen molar-refractivity contribution in [2.24, 2.45) is 0 Å².